The third-order valence-electron chi connectivity index (χ3n) is 3.49. The normalized spacial score (nSPS) is 17.4. The smallest absolute Gasteiger partial charge is 0.0821 e. The number of hydrogen-bond donors (Lipinski definition) is 2. The summed E-state index contributed by atoms with van der Waals surface area (Å²) in [5, 5.41) is 19.5. The summed E-state index contributed by atoms with van der Waals surface area (Å²) in [7, 11) is 0. The van der Waals surface area contributed by atoms with E-state index in [4.69, 9.17) is 0 Å². The van der Waals surface area contributed by atoms with Crippen LogP contribution in [0, 0.1) is 11.8 Å². The maximum absolute atomic E-state index is 9.81. The summed E-state index contributed by atoms with van der Waals surface area (Å²) in [5.41, 5.74) is 0. The first-order valence-electron chi connectivity index (χ1n) is 6.88. The van der Waals surface area contributed by atoms with Crippen LogP contribution in [-0.2, 0) is 0 Å². The zero-order valence-electron chi connectivity index (χ0n) is 11.4. The molecule has 0 saturated heterocycles. The predicted octanol–water partition coefficient (Wildman–Crippen LogP) is 3.36. The SMILES string of the molecule is CCCC[C@H](CC)CC[C@H](O)[C@H](O)C(C)C. The van der Waals surface area contributed by atoms with Crippen LogP contribution in [0.25, 0.3) is 0 Å². The van der Waals surface area contributed by atoms with Gasteiger partial charge in [0.05, 0.1) is 12.2 Å². The summed E-state index contributed by atoms with van der Waals surface area (Å²) in [6.07, 6.45) is 5.64. The standard InChI is InChI=1S/C14H30O2/c1-5-7-8-12(6-2)9-10-13(15)14(16)11(3)4/h11-16H,5-10H2,1-4H3/t12-,13-,14+/m0/s1. The molecule has 98 valence electrons. The first-order chi connectivity index (χ1) is 7.52. The molecule has 0 rings (SSSR count). The van der Waals surface area contributed by atoms with Crippen LogP contribution in [0.1, 0.15) is 66.2 Å². The summed E-state index contributed by atoms with van der Waals surface area (Å²) in [6, 6.07) is 0. The van der Waals surface area contributed by atoms with Gasteiger partial charge in [-0.15, -0.1) is 0 Å². The average Bonchev–Trinajstić information content (AvgIpc) is 2.27. The lowest BCUT2D eigenvalue weighted by atomic mass is 9.90. The van der Waals surface area contributed by atoms with Gasteiger partial charge in [-0.2, -0.15) is 0 Å². The largest absolute Gasteiger partial charge is 0.390 e. The molecule has 0 fully saturated rings. The fourth-order valence-electron chi connectivity index (χ4n) is 2.07. The Kier molecular flexibility index (Phi) is 8.96. The molecule has 0 aromatic heterocycles. The molecule has 0 heterocycles. The van der Waals surface area contributed by atoms with Crippen molar-refractivity contribution in [3.8, 4) is 0 Å². The number of rotatable bonds is 9. The molecule has 0 aliphatic carbocycles. The molecule has 2 nitrogen and oxygen atoms in total. The van der Waals surface area contributed by atoms with E-state index in [1.165, 1.54) is 25.7 Å². The molecule has 2 heteroatoms. The Morgan fingerprint density at radius 3 is 2.00 bits per heavy atom. The molecule has 0 aliphatic rings. The molecule has 0 aromatic rings. The van der Waals surface area contributed by atoms with Crippen molar-refractivity contribution in [2.75, 3.05) is 0 Å². The van der Waals surface area contributed by atoms with Crippen LogP contribution in [0.2, 0.25) is 0 Å². The van der Waals surface area contributed by atoms with Gasteiger partial charge in [-0.25, -0.2) is 0 Å². The molecule has 16 heavy (non-hydrogen) atoms. The maximum atomic E-state index is 9.81. The highest BCUT2D eigenvalue weighted by molar-refractivity contribution is 4.71. The molecule has 2 N–H and O–H groups in total. The van der Waals surface area contributed by atoms with Crippen LogP contribution in [-0.4, -0.2) is 22.4 Å². The third kappa shape index (κ3) is 6.49. The van der Waals surface area contributed by atoms with E-state index in [2.05, 4.69) is 13.8 Å². The quantitative estimate of drug-likeness (QED) is 0.637. The molecule has 0 aromatic carbocycles. The van der Waals surface area contributed by atoms with Crippen LogP contribution >= 0.6 is 0 Å². The molecule has 0 saturated carbocycles. The summed E-state index contributed by atoms with van der Waals surface area (Å²) >= 11 is 0. The van der Waals surface area contributed by atoms with Crippen molar-refractivity contribution in [1.82, 2.24) is 0 Å². The summed E-state index contributed by atoms with van der Waals surface area (Å²) in [6.45, 7) is 8.32. The van der Waals surface area contributed by atoms with Gasteiger partial charge in [0.25, 0.3) is 0 Å². The van der Waals surface area contributed by atoms with E-state index in [9.17, 15) is 10.2 Å². The molecular weight excluding hydrogens is 200 g/mol. The number of unbranched alkanes of at least 4 members (excludes halogenated alkanes) is 1. The van der Waals surface area contributed by atoms with Gasteiger partial charge in [-0.1, -0.05) is 53.4 Å². The van der Waals surface area contributed by atoms with E-state index in [1.54, 1.807) is 0 Å². The van der Waals surface area contributed by atoms with Crippen LogP contribution in [0.5, 0.6) is 0 Å². The highest BCUT2D eigenvalue weighted by Crippen LogP contribution is 2.21. The first kappa shape index (κ1) is 15.9. The van der Waals surface area contributed by atoms with Gasteiger partial charge in [-0.3, -0.25) is 0 Å². The molecule has 3 atom stereocenters. The summed E-state index contributed by atoms with van der Waals surface area (Å²) < 4.78 is 0. The van der Waals surface area contributed by atoms with Crippen LogP contribution in [0.4, 0.5) is 0 Å². The fraction of sp³-hybridized carbons (Fsp3) is 1.00. The van der Waals surface area contributed by atoms with Gasteiger partial charge in [0, 0.05) is 0 Å². The lowest BCUT2D eigenvalue weighted by Crippen LogP contribution is -2.31. The van der Waals surface area contributed by atoms with E-state index in [1.807, 2.05) is 13.8 Å². The van der Waals surface area contributed by atoms with Crippen LogP contribution < -0.4 is 0 Å². The van der Waals surface area contributed by atoms with Gasteiger partial charge < -0.3 is 10.2 Å². The number of aliphatic hydroxyl groups is 2. The van der Waals surface area contributed by atoms with Crippen molar-refractivity contribution in [1.29, 1.82) is 0 Å². The highest BCUT2D eigenvalue weighted by Gasteiger charge is 2.20. The van der Waals surface area contributed by atoms with Crippen LogP contribution in [0.15, 0.2) is 0 Å². The van der Waals surface area contributed by atoms with Crippen molar-refractivity contribution in [3.05, 3.63) is 0 Å². The Bertz CT molecular complexity index is 157. The van der Waals surface area contributed by atoms with Crippen molar-refractivity contribution in [3.63, 3.8) is 0 Å². The Morgan fingerprint density at radius 1 is 0.938 bits per heavy atom. The zero-order chi connectivity index (χ0) is 12.6. The number of aliphatic hydroxyl groups excluding tert-OH is 2. The maximum Gasteiger partial charge on any atom is 0.0821 e. The van der Waals surface area contributed by atoms with Crippen molar-refractivity contribution in [2.45, 2.75) is 78.4 Å². The van der Waals surface area contributed by atoms with E-state index >= 15 is 0 Å². The van der Waals surface area contributed by atoms with E-state index in [0.717, 1.165) is 12.8 Å². The minimum Gasteiger partial charge on any atom is -0.390 e. The fourth-order valence-corrected chi connectivity index (χ4v) is 2.07. The number of hydrogen-bond acceptors (Lipinski definition) is 2. The van der Waals surface area contributed by atoms with Gasteiger partial charge in [0.1, 0.15) is 0 Å². The van der Waals surface area contributed by atoms with Crippen molar-refractivity contribution in [2.24, 2.45) is 11.8 Å². The minimum absolute atomic E-state index is 0.144. The van der Waals surface area contributed by atoms with Gasteiger partial charge in [0.2, 0.25) is 0 Å². The monoisotopic (exact) mass is 230 g/mol. The first-order valence-corrected chi connectivity index (χ1v) is 6.88. The second kappa shape index (κ2) is 9.00. The Hall–Kier alpha value is -0.0800. The second-order valence-electron chi connectivity index (χ2n) is 5.30. The Balaban J connectivity index is 3.82. The molecule has 0 amide bonds. The molecule has 0 bridgehead atoms. The van der Waals surface area contributed by atoms with E-state index in [0.29, 0.717) is 5.92 Å². The lowest BCUT2D eigenvalue weighted by molar-refractivity contribution is -0.0152. The predicted molar refractivity (Wildman–Crippen MR) is 69.4 cm³/mol. The van der Waals surface area contributed by atoms with Crippen molar-refractivity contribution < 1.29 is 10.2 Å². The van der Waals surface area contributed by atoms with Crippen LogP contribution in [0.3, 0.4) is 0 Å². The zero-order valence-corrected chi connectivity index (χ0v) is 11.4. The molecule has 0 unspecified atom stereocenters. The minimum atomic E-state index is -0.566. The topological polar surface area (TPSA) is 40.5 Å². The second-order valence-corrected chi connectivity index (χ2v) is 5.30. The lowest BCUT2D eigenvalue weighted by Gasteiger charge is -2.23. The summed E-state index contributed by atoms with van der Waals surface area (Å²) in [5.74, 6) is 0.861. The van der Waals surface area contributed by atoms with Crippen molar-refractivity contribution >= 4 is 0 Å². The third-order valence-corrected chi connectivity index (χ3v) is 3.49. The van der Waals surface area contributed by atoms with Gasteiger partial charge in [0.15, 0.2) is 0 Å². The Morgan fingerprint density at radius 2 is 1.56 bits per heavy atom. The molecule has 0 aliphatic heterocycles. The Labute approximate surface area is 101 Å². The van der Waals surface area contributed by atoms with Gasteiger partial charge >= 0.3 is 0 Å². The average molecular weight is 230 g/mol. The van der Waals surface area contributed by atoms with E-state index in [-0.39, 0.29) is 5.92 Å². The molecule has 0 spiro atoms. The molecular formula is C14H30O2. The highest BCUT2D eigenvalue weighted by atomic mass is 16.3. The van der Waals surface area contributed by atoms with Gasteiger partial charge in [-0.05, 0) is 24.7 Å². The molecule has 0 radical (unpaired) electrons. The van der Waals surface area contributed by atoms with E-state index < -0.39 is 12.2 Å². The summed E-state index contributed by atoms with van der Waals surface area (Å²) in [4.78, 5) is 0.